The molecule has 2 heterocycles. The number of fused-ring (bicyclic) bond motifs is 5. The minimum atomic E-state index is -1.56. The molecule has 0 amide bonds. The number of para-hydroxylation sites is 1. The molecule has 1 aliphatic carbocycles. The van der Waals surface area contributed by atoms with Gasteiger partial charge in [0.1, 0.15) is 17.2 Å². The van der Waals surface area contributed by atoms with Gasteiger partial charge in [0.15, 0.2) is 17.3 Å². The molecule has 196 valence electrons. The van der Waals surface area contributed by atoms with E-state index in [9.17, 15) is 14.4 Å². The van der Waals surface area contributed by atoms with E-state index in [0.29, 0.717) is 33.0 Å². The van der Waals surface area contributed by atoms with Crippen molar-refractivity contribution >= 4 is 40.7 Å². The lowest BCUT2D eigenvalue weighted by molar-refractivity contribution is 0.0666. The van der Waals surface area contributed by atoms with E-state index < -0.39 is 23.4 Å². The van der Waals surface area contributed by atoms with Gasteiger partial charge < -0.3 is 9.64 Å². The molecular weight excluding hydrogens is 522 g/mol. The molecule has 0 N–H and O–H groups in total. The Morgan fingerprint density at radius 2 is 1.55 bits per heavy atom. The lowest BCUT2D eigenvalue weighted by Gasteiger charge is -2.37. The molecule has 3 aliphatic rings. The van der Waals surface area contributed by atoms with E-state index in [0.717, 1.165) is 11.3 Å². The van der Waals surface area contributed by atoms with Crippen LogP contribution in [0, 0.1) is 5.41 Å². The fourth-order valence-electron chi connectivity index (χ4n) is 6.94. The van der Waals surface area contributed by atoms with Crippen LogP contribution in [-0.4, -0.2) is 36.5 Å². The van der Waals surface area contributed by atoms with Gasteiger partial charge in [-0.2, -0.15) is 0 Å². The van der Waals surface area contributed by atoms with Crippen LogP contribution < -0.4 is 9.64 Å². The van der Waals surface area contributed by atoms with Crippen LogP contribution in [0.4, 0.5) is 5.69 Å². The molecule has 7 rings (SSSR count). The Bertz CT molecular complexity index is 1720. The second kappa shape index (κ2) is 9.04. The highest BCUT2D eigenvalue weighted by Crippen LogP contribution is 2.61. The number of ketones is 3. The van der Waals surface area contributed by atoms with Crippen molar-refractivity contribution in [2.24, 2.45) is 5.41 Å². The number of hydrogen-bond donors (Lipinski definition) is 0. The van der Waals surface area contributed by atoms with E-state index in [4.69, 9.17) is 16.3 Å². The summed E-state index contributed by atoms with van der Waals surface area (Å²) in [5, 5.41) is 0.469. The van der Waals surface area contributed by atoms with E-state index in [1.54, 1.807) is 73.8 Å². The summed E-state index contributed by atoms with van der Waals surface area (Å²) in [6.45, 7) is 0. The molecule has 0 saturated carbocycles. The Labute approximate surface area is 236 Å². The molecule has 5 nitrogen and oxygen atoms in total. The summed E-state index contributed by atoms with van der Waals surface area (Å²) in [6.07, 6.45) is 3.87. The zero-order chi connectivity index (χ0) is 27.6. The average molecular weight is 546 g/mol. The van der Waals surface area contributed by atoms with E-state index >= 15 is 0 Å². The van der Waals surface area contributed by atoms with Crippen LogP contribution in [0.25, 0.3) is 6.08 Å². The highest BCUT2D eigenvalue weighted by atomic mass is 35.5. The molecule has 1 unspecified atom stereocenters. The van der Waals surface area contributed by atoms with Gasteiger partial charge in [-0.05, 0) is 41.5 Å². The van der Waals surface area contributed by atoms with Gasteiger partial charge in [-0.15, -0.1) is 0 Å². The van der Waals surface area contributed by atoms with Gasteiger partial charge >= 0.3 is 0 Å². The third-order valence-corrected chi connectivity index (χ3v) is 8.78. The smallest absolute Gasteiger partial charge is 0.186 e. The SMILES string of the molecule is COc1cccc(C(=O)[C@H]2[C@H](c3cccc(Cl)c3)C3(C(=O)c4ccccc4C3=O)C3C=Cc4ccccc4N32)c1. The van der Waals surface area contributed by atoms with E-state index in [-0.39, 0.29) is 17.3 Å². The largest absolute Gasteiger partial charge is 0.497 e. The van der Waals surface area contributed by atoms with Crippen LogP contribution in [0.1, 0.15) is 48.1 Å². The zero-order valence-corrected chi connectivity index (χ0v) is 22.3. The Balaban J connectivity index is 1.55. The maximum absolute atomic E-state index is 14.7. The van der Waals surface area contributed by atoms with Crippen LogP contribution in [0.2, 0.25) is 5.02 Å². The van der Waals surface area contributed by atoms with E-state index in [1.165, 1.54) is 0 Å². The van der Waals surface area contributed by atoms with Crippen molar-refractivity contribution in [2.45, 2.75) is 18.0 Å². The summed E-state index contributed by atoms with van der Waals surface area (Å²) < 4.78 is 5.42. The summed E-state index contributed by atoms with van der Waals surface area (Å²) in [5.41, 5.74) is 2.05. The number of hydrogen-bond acceptors (Lipinski definition) is 5. The highest BCUT2D eigenvalue weighted by molar-refractivity contribution is 6.33. The minimum absolute atomic E-state index is 0.201. The van der Waals surface area contributed by atoms with Crippen molar-refractivity contribution in [1.29, 1.82) is 0 Å². The van der Waals surface area contributed by atoms with Crippen molar-refractivity contribution in [1.82, 2.24) is 0 Å². The minimum Gasteiger partial charge on any atom is -0.497 e. The average Bonchev–Trinajstić information content (AvgIpc) is 3.43. The number of halogens is 1. The fourth-order valence-corrected chi connectivity index (χ4v) is 7.14. The number of rotatable bonds is 4. The maximum Gasteiger partial charge on any atom is 0.186 e. The Hall–Kier alpha value is -4.48. The van der Waals surface area contributed by atoms with Crippen LogP contribution in [0.5, 0.6) is 5.75 Å². The number of nitrogens with zero attached hydrogens (tertiary/aromatic N) is 1. The topological polar surface area (TPSA) is 63.7 Å². The zero-order valence-electron chi connectivity index (χ0n) is 21.6. The number of carbonyl (C=O) groups excluding carboxylic acids is 3. The number of methoxy groups -OCH3 is 1. The first-order valence-corrected chi connectivity index (χ1v) is 13.5. The number of benzene rings is 4. The highest BCUT2D eigenvalue weighted by Gasteiger charge is 2.71. The molecule has 1 spiro atoms. The van der Waals surface area contributed by atoms with Gasteiger partial charge in [0, 0.05) is 33.3 Å². The Morgan fingerprint density at radius 3 is 2.27 bits per heavy atom. The molecule has 1 saturated heterocycles. The van der Waals surface area contributed by atoms with E-state index in [2.05, 4.69) is 0 Å². The second-order valence-electron chi connectivity index (χ2n) is 10.4. The molecule has 1 fully saturated rings. The molecule has 4 aromatic rings. The Kier molecular flexibility index (Phi) is 5.55. The van der Waals surface area contributed by atoms with Gasteiger partial charge in [-0.25, -0.2) is 0 Å². The van der Waals surface area contributed by atoms with Crippen molar-refractivity contribution < 1.29 is 19.1 Å². The third-order valence-electron chi connectivity index (χ3n) is 8.54. The molecule has 0 radical (unpaired) electrons. The van der Waals surface area contributed by atoms with Crippen molar-refractivity contribution in [2.75, 3.05) is 12.0 Å². The van der Waals surface area contributed by atoms with Crippen LogP contribution in [-0.2, 0) is 0 Å². The molecule has 4 aromatic carbocycles. The van der Waals surface area contributed by atoms with E-state index in [1.807, 2.05) is 47.4 Å². The molecule has 0 bridgehead atoms. The molecule has 40 heavy (non-hydrogen) atoms. The number of anilines is 1. The molecule has 0 aromatic heterocycles. The summed E-state index contributed by atoms with van der Waals surface area (Å²) in [6, 6.07) is 27.4. The maximum atomic E-state index is 14.7. The van der Waals surface area contributed by atoms with Crippen molar-refractivity contribution in [3.05, 3.63) is 136 Å². The van der Waals surface area contributed by atoms with Gasteiger partial charge in [-0.1, -0.05) is 90.5 Å². The summed E-state index contributed by atoms with van der Waals surface area (Å²) >= 11 is 6.50. The van der Waals surface area contributed by atoms with Gasteiger partial charge in [-0.3, -0.25) is 14.4 Å². The van der Waals surface area contributed by atoms with Crippen molar-refractivity contribution in [3.8, 4) is 5.75 Å². The predicted octanol–water partition coefficient (Wildman–Crippen LogP) is 6.66. The monoisotopic (exact) mass is 545 g/mol. The summed E-state index contributed by atoms with van der Waals surface area (Å²) in [5.74, 6) is -0.990. The van der Waals surface area contributed by atoms with Gasteiger partial charge in [0.25, 0.3) is 0 Å². The van der Waals surface area contributed by atoms with Crippen molar-refractivity contribution in [3.63, 3.8) is 0 Å². The second-order valence-corrected chi connectivity index (χ2v) is 10.9. The lowest BCUT2D eigenvalue weighted by Crippen LogP contribution is -2.48. The summed E-state index contributed by atoms with van der Waals surface area (Å²) in [4.78, 5) is 45.9. The van der Waals surface area contributed by atoms with Crippen LogP contribution in [0.15, 0.2) is 103 Å². The van der Waals surface area contributed by atoms with Crippen LogP contribution >= 0.6 is 11.6 Å². The molecule has 6 heteroatoms. The lowest BCUT2D eigenvalue weighted by atomic mass is 9.64. The van der Waals surface area contributed by atoms with Gasteiger partial charge in [0.2, 0.25) is 0 Å². The van der Waals surface area contributed by atoms with Gasteiger partial charge in [0.05, 0.1) is 13.2 Å². The summed E-state index contributed by atoms with van der Waals surface area (Å²) in [7, 11) is 1.55. The first kappa shape index (κ1) is 24.6. The fraction of sp³-hybridized carbons (Fsp3) is 0.147. The first-order valence-electron chi connectivity index (χ1n) is 13.1. The van der Waals surface area contributed by atoms with Crippen LogP contribution in [0.3, 0.4) is 0 Å². The first-order chi connectivity index (χ1) is 19.5. The standard InChI is InChI=1S/C34H24ClNO4/c1-40-24-12-7-10-22(19-24)31(37)30-29(21-9-6-11-23(35)18-21)34(32(38)25-13-3-4-14-26(25)33(34)39)28-17-16-20-8-2-5-15-27(20)36(28)30/h2-19,28-30H,1H3/t28?,29-,30+/m0/s1. The molecular formula is C34H24ClNO4. The Morgan fingerprint density at radius 1 is 0.850 bits per heavy atom. The third kappa shape index (κ3) is 3.24. The number of ether oxygens (including phenoxy) is 1. The normalized spacial score (nSPS) is 21.8. The number of carbonyl (C=O) groups is 3. The quantitative estimate of drug-likeness (QED) is 0.212. The number of Topliss-reactive ketones (excluding diaryl/α,β-unsaturated/α-hetero) is 3. The molecule has 3 atom stereocenters. The predicted molar refractivity (Wildman–Crippen MR) is 155 cm³/mol. The molecule has 2 aliphatic heterocycles.